The van der Waals surface area contributed by atoms with E-state index in [1.807, 2.05) is 0 Å². The van der Waals surface area contributed by atoms with E-state index in [1.165, 1.54) is 40.6 Å². The molecule has 40 heavy (non-hydrogen) atoms. The molecule has 0 atom stereocenters. The van der Waals surface area contributed by atoms with Gasteiger partial charge in [-0.05, 0) is 57.5 Å². The van der Waals surface area contributed by atoms with E-state index in [9.17, 15) is 23.2 Å². The topological polar surface area (TPSA) is 95.2 Å². The van der Waals surface area contributed by atoms with Crippen LogP contribution in [0.3, 0.4) is 0 Å². The van der Waals surface area contributed by atoms with Crippen LogP contribution in [0.4, 0.5) is 8.78 Å². The van der Waals surface area contributed by atoms with Crippen LogP contribution in [0.2, 0.25) is 5.02 Å². The van der Waals surface area contributed by atoms with Crippen molar-refractivity contribution in [2.45, 2.75) is 46.7 Å². The van der Waals surface area contributed by atoms with E-state index in [2.05, 4.69) is 10.3 Å². The van der Waals surface area contributed by atoms with Crippen molar-refractivity contribution < 1.29 is 21.1 Å². The fraction of sp³-hybridized carbons (Fsp3) is 0.241. The number of hydrogen-bond acceptors (Lipinski definition) is 5. The number of benzene rings is 1. The quantitative estimate of drug-likeness (QED) is 0.342. The summed E-state index contributed by atoms with van der Waals surface area (Å²) in [5.74, 6) is -2.52. The summed E-state index contributed by atoms with van der Waals surface area (Å²) in [4.78, 5) is 43.0. The molecule has 0 aliphatic carbocycles. The van der Waals surface area contributed by atoms with Crippen LogP contribution in [-0.2, 0) is 16.9 Å². The van der Waals surface area contributed by atoms with E-state index in [-0.39, 0.29) is 23.2 Å². The van der Waals surface area contributed by atoms with Gasteiger partial charge < -0.3 is 10.1 Å². The largest absolute Gasteiger partial charge is 0.487 e. The second-order valence-corrected chi connectivity index (χ2v) is 10.0. The fourth-order valence-electron chi connectivity index (χ4n) is 4.27. The van der Waals surface area contributed by atoms with Crippen molar-refractivity contribution in [1.29, 1.82) is 0 Å². The number of aromatic nitrogens is 3. The molecule has 3 heterocycles. The lowest BCUT2D eigenvalue weighted by Crippen LogP contribution is -2.44. The van der Waals surface area contributed by atoms with Crippen molar-refractivity contribution in [2.24, 2.45) is 0 Å². The molecule has 0 radical (unpaired) electrons. The predicted octanol–water partition coefficient (Wildman–Crippen LogP) is 4.88. The zero-order valence-electron chi connectivity index (χ0n) is 24.3. The zero-order chi connectivity index (χ0) is 31.1. The first-order valence-electron chi connectivity index (χ1n) is 13.1. The van der Waals surface area contributed by atoms with E-state index in [1.54, 1.807) is 39.8 Å². The SMILES string of the molecule is [2H]C([2H])(Oc1cc(C)n(-c2cc(-n3cccc(C(C)(C)NC(C)=O)c3=O)ncc2C)c(=O)c1Cl)c1ccc(F)cc1F. The van der Waals surface area contributed by atoms with Crippen LogP contribution < -0.4 is 21.2 Å². The van der Waals surface area contributed by atoms with Gasteiger partial charge in [0.15, 0.2) is 0 Å². The maximum absolute atomic E-state index is 14.3. The van der Waals surface area contributed by atoms with Gasteiger partial charge in [0.05, 0.1) is 14.0 Å². The van der Waals surface area contributed by atoms with Gasteiger partial charge in [-0.3, -0.25) is 23.5 Å². The third-order valence-corrected chi connectivity index (χ3v) is 6.51. The Bertz CT molecular complexity index is 1840. The highest BCUT2D eigenvalue weighted by Crippen LogP contribution is 2.26. The van der Waals surface area contributed by atoms with Gasteiger partial charge in [0.1, 0.15) is 34.8 Å². The molecule has 8 nitrogen and oxygen atoms in total. The summed E-state index contributed by atoms with van der Waals surface area (Å²) in [6, 6.07) is 8.38. The number of carbonyl (C=O) groups is 1. The molecule has 1 amide bonds. The zero-order valence-corrected chi connectivity index (χ0v) is 23.1. The number of rotatable bonds is 7. The van der Waals surface area contributed by atoms with E-state index in [4.69, 9.17) is 19.1 Å². The minimum Gasteiger partial charge on any atom is -0.487 e. The Kier molecular flexibility index (Phi) is 7.17. The summed E-state index contributed by atoms with van der Waals surface area (Å²) in [6.07, 6.45) is 2.98. The lowest BCUT2D eigenvalue weighted by atomic mass is 9.95. The molecule has 1 N–H and O–H groups in total. The van der Waals surface area contributed by atoms with Gasteiger partial charge in [-0.1, -0.05) is 11.6 Å². The summed E-state index contributed by atoms with van der Waals surface area (Å²) >= 11 is 6.34. The maximum Gasteiger partial charge on any atom is 0.277 e. The first-order chi connectivity index (χ1) is 19.5. The van der Waals surface area contributed by atoms with Gasteiger partial charge in [-0.25, -0.2) is 13.8 Å². The number of aryl methyl sites for hydroxylation is 2. The van der Waals surface area contributed by atoms with E-state index in [0.717, 1.165) is 12.1 Å². The predicted molar refractivity (Wildman–Crippen MR) is 147 cm³/mol. The first kappa shape index (κ1) is 25.9. The summed E-state index contributed by atoms with van der Waals surface area (Å²) in [5, 5.41) is 2.27. The molecule has 4 rings (SSSR count). The van der Waals surface area contributed by atoms with Gasteiger partial charge in [0, 0.05) is 54.3 Å². The molecule has 4 aromatic rings. The number of nitrogens with one attached hydrogen (secondary N) is 1. The molecule has 0 fully saturated rings. The van der Waals surface area contributed by atoms with E-state index < -0.39 is 45.4 Å². The molecule has 0 saturated heterocycles. The Morgan fingerprint density at radius 3 is 2.55 bits per heavy atom. The van der Waals surface area contributed by atoms with E-state index in [0.29, 0.717) is 22.9 Å². The minimum absolute atomic E-state index is 0.187. The lowest BCUT2D eigenvalue weighted by molar-refractivity contribution is -0.120. The number of carbonyl (C=O) groups excluding carboxylic acids is 1. The number of ether oxygens (including phenoxy) is 1. The standard InChI is InChI=1S/C29H27ClF2N4O4/c1-16-14-33-25(35-10-6-7-21(27(35)38)29(4,5)34-18(3)37)13-23(16)36-17(2)11-24(26(30)28(36)39)40-15-19-8-9-20(31)12-22(19)32/h6-14H,15H2,1-5H3,(H,34,37)/i15D2. The first-order valence-corrected chi connectivity index (χ1v) is 12.5. The Morgan fingerprint density at radius 1 is 1.15 bits per heavy atom. The molecular formula is C29H27ClF2N4O4. The Labute approximate surface area is 236 Å². The van der Waals surface area contributed by atoms with Gasteiger partial charge in [0.2, 0.25) is 5.91 Å². The number of halogens is 3. The summed E-state index contributed by atoms with van der Waals surface area (Å²) in [6.45, 7) is 5.22. The molecule has 0 unspecified atom stereocenters. The Hall–Kier alpha value is -4.31. The van der Waals surface area contributed by atoms with Crippen molar-refractivity contribution in [1.82, 2.24) is 19.4 Å². The highest BCUT2D eigenvalue weighted by Gasteiger charge is 2.26. The molecule has 0 bridgehead atoms. The normalized spacial score (nSPS) is 12.5. The monoisotopic (exact) mass is 570 g/mol. The van der Waals surface area contributed by atoms with Crippen LogP contribution in [0.1, 0.15) is 45.9 Å². The smallest absolute Gasteiger partial charge is 0.277 e. The second kappa shape index (κ2) is 11.1. The second-order valence-electron chi connectivity index (χ2n) is 9.66. The molecule has 0 aliphatic rings. The van der Waals surface area contributed by atoms with Crippen LogP contribution in [-0.4, -0.2) is 20.0 Å². The summed E-state index contributed by atoms with van der Waals surface area (Å²) in [7, 11) is 0. The summed E-state index contributed by atoms with van der Waals surface area (Å²) < 4.78 is 51.9. The highest BCUT2D eigenvalue weighted by molar-refractivity contribution is 6.31. The van der Waals surface area contributed by atoms with Gasteiger partial charge >= 0.3 is 0 Å². The molecule has 0 spiro atoms. The fourth-order valence-corrected chi connectivity index (χ4v) is 4.45. The molecule has 1 aromatic carbocycles. The van der Waals surface area contributed by atoms with Crippen LogP contribution in [0, 0.1) is 25.5 Å². The minimum atomic E-state index is -2.79. The van der Waals surface area contributed by atoms with Crippen molar-refractivity contribution in [3.05, 3.63) is 115 Å². The van der Waals surface area contributed by atoms with Crippen molar-refractivity contribution in [2.75, 3.05) is 0 Å². The van der Waals surface area contributed by atoms with E-state index >= 15 is 0 Å². The lowest BCUT2D eigenvalue weighted by Gasteiger charge is -2.26. The average Bonchev–Trinajstić information content (AvgIpc) is 2.87. The Morgan fingerprint density at radius 2 is 1.88 bits per heavy atom. The summed E-state index contributed by atoms with van der Waals surface area (Å²) in [5.41, 5.74) is -1.27. The van der Waals surface area contributed by atoms with Gasteiger partial charge in [-0.15, -0.1) is 0 Å². The molecule has 208 valence electrons. The van der Waals surface area contributed by atoms with Gasteiger partial charge in [-0.2, -0.15) is 0 Å². The number of hydrogen-bond donors (Lipinski definition) is 1. The number of nitrogens with zero attached hydrogens (tertiary/aromatic N) is 3. The van der Waals surface area contributed by atoms with Crippen LogP contribution in [0.25, 0.3) is 11.5 Å². The highest BCUT2D eigenvalue weighted by atomic mass is 35.5. The number of pyridine rings is 3. The van der Waals surface area contributed by atoms with Crippen molar-refractivity contribution in [3.8, 4) is 17.3 Å². The van der Waals surface area contributed by atoms with Crippen LogP contribution in [0.15, 0.2) is 64.4 Å². The van der Waals surface area contributed by atoms with Crippen LogP contribution in [0.5, 0.6) is 5.75 Å². The molecule has 3 aromatic heterocycles. The van der Waals surface area contributed by atoms with Crippen LogP contribution >= 0.6 is 11.6 Å². The maximum atomic E-state index is 14.3. The number of amides is 1. The van der Waals surface area contributed by atoms with Gasteiger partial charge in [0.25, 0.3) is 11.1 Å². The average molecular weight is 571 g/mol. The van der Waals surface area contributed by atoms with Crippen molar-refractivity contribution >= 4 is 17.5 Å². The third kappa shape index (κ3) is 5.67. The molecule has 11 heteroatoms. The Balaban J connectivity index is 1.79. The third-order valence-electron chi connectivity index (χ3n) is 6.16. The molecule has 0 saturated carbocycles. The van der Waals surface area contributed by atoms with Crippen molar-refractivity contribution in [3.63, 3.8) is 0 Å². The molecular weight excluding hydrogens is 542 g/mol. The molecule has 0 aliphatic heterocycles.